The number of benzene rings is 2. The lowest BCUT2D eigenvalue weighted by molar-refractivity contribution is 0.0472. The lowest BCUT2D eigenvalue weighted by Crippen LogP contribution is -2.06. The van der Waals surface area contributed by atoms with Gasteiger partial charge in [-0.1, -0.05) is 46.0 Å². The van der Waals surface area contributed by atoms with Gasteiger partial charge in [0, 0.05) is 5.56 Å². The lowest BCUT2D eigenvalue weighted by atomic mass is 10.1. The van der Waals surface area contributed by atoms with Crippen LogP contribution >= 0.6 is 34.8 Å². The van der Waals surface area contributed by atoms with E-state index in [-0.39, 0.29) is 17.2 Å². The van der Waals surface area contributed by atoms with Crippen molar-refractivity contribution >= 4 is 40.8 Å². The summed E-state index contributed by atoms with van der Waals surface area (Å²) in [5.74, 6) is -0.821. The van der Waals surface area contributed by atoms with Crippen molar-refractivity contribution in [3.63, 3.8) is 0 Å². The third kappa shape index (κ3) is 3.70. The molecule has 0 aliphatic rings. The van der Waals surface area contributed by atoms with Gasteiger partial charge in [0.1, 0.15) is 23.9 Å². The number of hydrogen-bond acceptors (Lipinski definition) is 4. The van der Waals surface area contributed by atoms with Crippen molar-refractivity contribution < 1.29 is 18.4 Å². The Morgan fingerprint density at radius 3 is 2.50 bits per heavy atom. The number of esters is 1. The molecule has 0 fully saturated rings. The molecular weight excluding hydrogens is 404 g/mol. The fourth-order valence-electron chi connectivity index (χ4n) is 2.33. The molecule has 0 saturated carbocycles. The third-order valence-electron chi connectivity index (χ3n) is 3.69. The van der Waals surface area contributed by atoms with Gasteiger partial charge in [0.2, 0.25) is 0 Å². The first-order valence-electron chi connectivity index (χ1n) is 7.40. The highest BCUT2D eigenvalue weighted by molar-refractivity contribution is 6.39. The third-order valence-corrected chi connectivity index (χ3v) is 4.61. The van der Waals surface area contributed by atoms with E-state index in [9.17, 15) is 9.18 Å². The number of nitrogens with zero attached hydrogens (tertiary/aromatic N) is 1. The van der Waals surface area contributed by atoms with E-state index in [2.05, 4.69) is 5.16 Å². The summed E-state index contributed by atoms with van der Waals surface area (Å²) in [5, 5.41) is 4.60. The largest absolute Gasteiger partial charge is 0.457 e. The van der Waals surface area contributed by atoms with Crippen molar-refractivity contribution in [2.45, 2.75) is 13.5 Å². The molecule has 0 unspecified atom stereocenters. The SMILES string of the molecule is Cc1onc(-c2c(Cl)cccc2Cl)c1COC(=O)c1ccc(F)c(Cl)c1. The summed E-state index contributed by atoms with van der Waals surface area (Å²) in [6.45, 7) is 1.55. The molecular formula is C18H11Cl3FNO3. The summed E-state index contributed by atoms with van der Waals surface area (Å²) >= 11 is 18.1. The van der Waals surface area contributed by atoms with Gasteiger partial charge >= 0.3 is 5.97 Å². The Hall–Kier alpha value is -2.08. The van der Waals surface area contributed by atoms with Crippen molar-refractivity contribution in [3.05, 3.63) is 74.2 Å². The number of ether oxygens (including phenoxy) is 1. The van der Waals surface area contributed by atoms with E-state index in [4.69, 9.17) is 44.1 Å². The first-order valence-corrected chi connectivity index (χ1v) is 8.53. The van der Waals surface area contributed by atoms with E-state index in [0.29, 0.717) is 32.6 Å². The zero-order valence-electron chi connectivity index (χ0n) is 13.4. The Balaban J connectivity index is 1.86. The highest BCUT2D eigenvalue weighted by Crippen LogP contribution is 2.37. The van der Waals surface area contributed by atoms with Crippen LogP contribution in [0.5, 0.6) is 0 Å². The highest BCUT2D eigenvalue weighted by Gasteiger charge is 2.21. The van der Waals surface area contributed by atoms with Gasteiger partial charge in [0.25, 0.3) is 0 Å². The second-order valence-electron chi connectivity index (χ2n) is 5.37. The van der Waals surface area contributed by atoms with Crippen molar-refractivity contribution in [1.82, 2.24) is 5.16 Å². The van der Waals surface area contributed by atoms with Crippen LogP contribution in [0.3, 0.4) is 0 Å². The standard InChI is InChI=1S/C18H11Cl3FNO3/c1-9-11(8-25-18(24)10-5-6-15(22)14(21)7-10)17(23-26-9)16-12(19)3-2-4-13(16)20/h2-7H,8H2,1H3. The van der Waals surface area contributed by atoms with Crippen LogP contribution in [0.25, 0.3) is 11.3 Å². The molecule has 3 aromatic rings. The van der Waals surface area contributed by atoms with Gasteiger partial charge in [-0.05, 0) is 37.3 Å². The van der Waals surface area contributed by atoms with Crippen molar-refractivity contribution in [2.24, 2.45) is 0 Å². The molecule has 1 aromatic heterocycles. The van der Waals surface area contributed by atoms with Crippen LogP contribution in [-0.2, 0) is 11.3 Å². The number of aromatic nitrogens is 1. The van der Waals surface area contributed by atoms with Gasteiger partial charge in [-0.3, -0.25) is 0 Å². The maximum Gasteiger partial charge on any atom is 0.338 e. The predicted molar refractivity (Wildman–Crippen MR) is 97.2 cm³/mol. The quantitative estimate of drug-likeness (QED) is 0.484. The zero-order valence-corrected chi connectivity index (χ0v) is 15.6. The normalized spacial score (nSPS) is 10.8. The Morgan fingerprint density at radius 1 is 1.15 bits per heavy atom. The Bertz CT molecular complexity index is 968. The minimum absolute atomic E-state index is 0.125. The second-order valence-corrected chi connectivity index (χ2v) is 6.59. The summed E-state index contributed by atoms with van der Waals surface area (Å²) in [6.07, 6.45) is 0. The molecule has 0 aliphatic heterocycles. The maximum atomic E-state index is 13.2. The molecule has 3 rings (SSSR count). The molecule has 26 heavy (non-hydrogen) atoms. The van der Waals surface area contributed by atoms with Gasteiger partial charge in [-0.15, -0.1) is 0 Å². The molecule has 0 aliphatic carbocycles. The molecule has 0 spiro atoms. The van der Waals surface area contributed by atoms with Crippen LogP contribution in [0.1, 0.15) is 21.7 Å². The van der Waals surface area contributed by atoms with E-state index in [0.717, 1.165) is 6.07 Å². The number of aryl methyl sites for hydroxylation is 1. The van der Waals surface area contributed by atoms with Gasteiger partial charge < -0.3 is 9.26 Å². The first kappa shape index (κ1) is 18.7. The number of carbonyl (C=O) groups excluding carboxylic acids is 1. The monoisotopic (exact) mass is 413 g/mol. The Kier molecular flexibility index (Phi) is 5.51. The van der Waals surface area contributed by atoms with Crippen LogP contribution in [0.2, 0.25) is 15.1 Å². The summed E-state index contributed by atoms with van der Waals surface area (Å²) < 4.78 is 23.7. The van der Waals surface area contributed by atoms with Crippen LogP contribution in [0, 0.1) is 12.7 Å². The number of carbonyl (C=O) groups is 1. The zero-order chi connectivity index (χ0) is 18.8. The minimum Gasteiger partial charge on any atom is -0.457 e. The van der Waals surface area contributed by atoms with E-state index < -0.39 is 11.8 Å². The molecule has 0 radical (unpaired) electrons. The summed E-state index contributed by atoms with van der Waals surface area (Å²) in [4.78, 5) is 12.2. The number of hydrogen-bond donors (Lipinski definition) is 0. The average molecular weight is 415 g/mol. The lowest BCUT2D eigenvalue weighted by Gasteiger charge is -2.08. The van der Waals surface area contributed by atoms with Crippen LogP contribution in [-0.4, -0.2) is 11.1 Å². The summed E-state index contributed by atoms with van der Waals surface area (Å²) in [6, 6.07) is 8.63. The van der Waals surface area contributed by atoms with E-state index in [1.807, 2.05) is 0 Å². The fourth-order valence-corrected chi connectivity index (χ4v) is 3.08. The Labute approximate surface area is 163 Å². The molecule has 0 N–H and O–H groups in total. The molecule has 134 valence electrons. The molecule has 1 heterocycles. The van der Waals surface area contributed by atoms with E-state index >= 15 is 0 Å². The maximum absolute atomic E-state index is 13.2. The topological polar surface area (TPSA) is 52.3 Å². The predicted octanol–water partition coefficient (Wildman–Crippen LogP) is 6.11. The molecule has 0 saturated heterocycles. The fraction of sp³-hybridized carbons (Fsp3) is 0.111. The molecule has 8 heteroatoms. The summed E-state index contributed by atoms with van der Waals surface area (Å²) in [7, 11) is 0. The molecule has 0 amide bonds. The van der Waals surface area contributed by atoms with Crippen LogP contribution < -0.4 is 0 Å². The van der Waals surface area contributed by atoms with E-state index in [1.165, 1.54) is 12.1 Å². The van der Waals surface area contributed by atoms with Crippen molar-refractivity contribution in [2.75, 3.05) is 0 Å². The molecule has 2 aromatic carbocycles. The van der Waals surface area contributed by atoms with Crippen LogP contribution in [0.15, 0.2) is 40.9 Å². The number of halogens is 4. The second kappa shape index (κ2) is 7.66. The Morgan fingerprint density at radius 2 is 1.85 bits per heavy atom. The van der Waals surface area contributed by atoms with Crippen LogP contribution in [0.4, 0.5) is 4.39 Å². The molecule has 0 bridgehead atoms. The molecule has 4 nitrogen and oxygen atoms in total. The van der Waals surface area contributed by atoms with Gasteiger partial charge in [-0.2, -0.15) is 0 Å². The number of rotatable bonds is 4. The van der Waals surface area contributed by atoms with Gasteiger partial charge in [0.15, 0.2) is 0 Å². The molecule has 0 atom stereocenters. The smallest absolute Gasteiger partial charge is 0.338 e. The van der Waals surface area contributed by atoms with Gasteiger partial charge in [0.05, 0.1) is 26.2 Å². The summed E-state index contributed by atoms with van der Waals surface area (Å²) in [5.41, 5.74) is 1.54. The highest BCUT2D eigenvalue weighted by atomic mass is 35.5. The van der Waals surface area contributed by atoms with E-state index in [1.54, 1.807) is 25.1 Å². The first-order chi connectivity index (χ1) is 12.4. The average Bonchev–Trinajstić information content (AvgIpc) is 2.95. The van der Waals surface area contributed by atoms with Crippen molar-refractivity contribution in [3.8, 4) is 11.3 Å². The van der Waals surface area contributed by atoms with Gasteiger partial charge in [-0.25, -0.2) is 9.18 Å². The minimum atomic E-state index is -0.663. The van der Waals surface area contributed by atoms with Crippen molar-refractivity contribution in [1.29, 1.82) is 0 Å².